The summed E-state index contributed by atoms with van der Waals surface area (Å²) in [5.74, 6) is -0.906. The van der Waals surface area contributed by atoms with Crippen molar-refractivity contribution in [2.75, 3.05) is 26.5 Å². The molecule has 2 heterocycles. The summed E-state index contributed by atoms with van der Waals surface area (Å²) in [6.45, 7) is 2.02. The van der Waals surface area contributed by atoms with Gasteiger partial charge in [-0.15, -0.1) is 11.8 Å². The number of carbonyl (C=O) groups is 3. The molecule has 0 spiro atoms. The number of methoxy groups -OCH3 is 1. The first-order chi connectivity index (χ1) is 14.7. The molecular formula is C21H26N2O7S. The zero-order valence-corrected chi connectivity index (χ0v) is 18.4. The number of carbonyl (C=O) groups excluding carboxylic acids is 2. The van der Waals surface area contributed by atoms with Crippen LogP contribution in [0.3, 0.4) is 0 Å². The number of benzene rings is 1. The number of carboxylic acids is 1. The highest BCUT2D eigenvalue weighted by molar-refractivity contribution is 8.03. The molecule has 2 aliphatic rings. The summed E-state index contributed by atoms with van der Waals surface area (Å²) in [5.41, 5.74) is 0.822. The molecule has 168 valence electrons. The molecule has 1 fully saturated rings. The van der Waals surface area contributed by atoms with Crippen molar-refractivity contribution >= 4 is 29.7 Å². The first-order valence-corrected chi connectivity index (χ1v) is 10.8. The van der Waals surface area contributed by atoms with E-state index in [4.69, 9.17) is 9.47 Å². The van der Waals surface area contributed by atoms with Crippen molar-refractivity contribution in [3.05, 3.63) is 40.4 Å². The van der Waals surface area contributed by atoms with Crippen LogP contribution in [0, 0.1) is 5.92 Å². The number of carboxylic acid groups (broad SMARTS) is 1. The largest absolute Gasteiger partial charge is 0.497 e. The van der Waals surface area contributed by atoms with Crippen LogP contribution in [0.2, 0.25) is 0 Å². The zero-order chi connectivity index (χ0) is 22.7. The lowest BCUT2D eigenvalue weighted by molar-refractivity contribution is -0.161. The zero-order valence-electron chi connectivity index (χ0n) is 17.6. The molecule has 9 nitrogen and oxygen atoms in total. The van der Waals surface area contributed by atoms with E-state index in [0.29, 0.717) is 23.6 Å². The van der Waals surface area contributed by atoms with Crippen LogP contribution in [-0.4, -0.2) is 76.6 Å². The number of fused-ring (bicyclic) bond motifs is 1. The van der Waals surface area contributed by atoms with Gasteiger partial charge in [0.15, 0.2) is 0 Å². The number of aliphatic hydroxyl groups excluding tert-OH is 1. The van der Waals surface area contributed by atoms with E-state index in [1.807, 2.05) is 12.1 Å². The summed E-state index contributed by atoms with van der Waals surface area (Å²) >= 11 is 1.31. The average Bonchev–Trinajstić information content (AvgIpc) is 3.06. The molecule has 0 radical (unpaired) electrons. The van der Waals surface area contributed by atoms with Gasteiger partial charge in [0.25, 0.3) is 0 Å². The Morgan fingerprint density at radius 3 is 2.58 bits per heavy atom. The van der Waals surface area contributed by atoms with E-state index in [1.165, 1.54) is 28.5 Å². The second kappa shape index (κ2) is 9.61. The fourth-order valence-electron chi connectivity index (χ4n) is 3.73. The molecule has 0 unspecified atom stereocenters. The molecule has 31 heavy (non-hydrogen) atoms. The Hall–Kier alpha value is -2.72. The third-order valence-corrected chi connectivity index (χ3v) is 6.52. The van der Waals surface area contributed by atoms with Crippen molar-refractivity contribution in [3.63, 3.8) is 0 Å². The standard InChI is InChI=1S/C21H26N2O7S/c1-12(24)17-15-10-16(18(20(26)27)23(15)19(17)25)31-9-8-22(2)21(28)30-11-13-4-6-14(29-3)7-5-13/h4-7,12,15,17,24H,8-11H2,1-3H3,(H,26,27)/t12-,15-,17-/m1/s1. The second-order valence-corrected chi connectivity index (χ2v) is 8.69. The van der Waals surface area contributed by atoms with Crippen molar-refractivity contribution in [2.24, 2.45) is 5.92 Å². The monoisotopic (exact) mass is 450 g/mol. The molecule has 3 rings (SSSR count). The van der Waals surface area contributed by atoms with Gasteiger partial charge in [-0.1, -0.05) is 12.1 Å². The Kier molecular flexibility index (Phi) is 7.11. The molecule has 2 aliphatic heterocycles. The normalized spacial score (nSPS) is 20.8. The van der Waals surface area contributed by atoms with E-state index in [2.05, 4.69) is 0 Å². The molecule has 1 aromatic rings. The SMILES string of the molecule is COc1ccc(COC(=O)N(C)CCSC2=C(C(=O)O)N3C(=O)[C@H]([C@@H](C)O)[C@H]3C2)cc1. The van der Waals surface area contributed by atoms with Crippen molar-refractivity contribution in [1.29, 1.82) is 0 Å². The summed E-state index contributed by atoms with van der Waals surface area (Å²) in [4.78, 5) is 39.4. The van der Waals surface area contributed by atoms with Gasteiger partial charge in [-0.05, 0) is 24.6 Å². The van der Waals surface area contributed by atoms with Crippen molar-refractivity contribution in [2.45, 2.75) is 32.1 Å². The first kappa shape index (κ1) is 23.0. The quantitative estimate of drug-likeness (QED) is 0.548. The van der Waals surface area contributed by atoms with Crippen molar-refractivity contribution in [3.8, 4) is 5.75 Å². The topological polar surface area (TPSA) is 117 Å². The minimum absolute atomic E-state index is 0.0124. The lowest BCUT2D eigenvalue weighted by atomic mass is 9.83. The summed E-state index contributed by atoms with van der Waals surface area (Å²) in [5, 5.41) is 19.3. The summed E-state index contributed by atoms with van der Waals surface area (Å²) in [7, 11) is 3.19. The van der Waals surface area contributed by atoms with Gasteiger partial charge in [-0.25, -0.2) is 9.59 Å². The van der Waals surface area contributed by atoms with E-state index in [-0.39, 0.29) is 24.3 Å². The minimum Gasteiger partial charge on any atom is -0.497 e. The number of nitrogens with zero attached hydrogens (tertiary/aromatic N) is 2. The number of aliphatic hydroxyl groups is 1. The third kappa shape index (κ3) is 4.80. The molecule has 2 N–H and O–H groups in total. The highest BCUT2D eigenvalue weighted by Gasteiger charge is 2.56. The predicted molar refractivity (Wildman–Crippen MR) is 113 cm³/mol. The molecule has 1 aromatic carbocycles. The van der Waals surface area contributed by atoms with E-state index in [0.717, 1.165) is 11.3 Å². The van der Waals surface area contributed by atoms with Gasteiger partial charge < -0.3 is 29.5 Å². The van der Waals surface area contributed by atoms with Gasteiger partial charge in [-0.2, -0.15) is 0 Å². The summed E-state index contributed by atoms with van der Waals surface area (Å²) in [6, 6.07) is 6.89. The number of ether oxygens (including phenoxy) is 2. The molecule has 3 atom stereocenters. The Morgan fingerprint density at radius 2 is 2.00 bits per heavy atom. The van der Waals surface area contributed by atoms with Crippen LogP contribution in [-0.2, 0) is 20.9 Å². The molecule has 0 aliphatic carbocycles. The van der Waals surface area contributed by atoms with Crippen LogP contribution in [0.4, 0.5) is 4.79 Å². The van der Waals surface area contributed by atoms with Crippen LogP contribution >= 0.6 is 11.8 Å². The summed E-state index contributed by atoms with van der Waals surface area (Å²) in [6.07, 6.45) is -0.901. The maximum absolute atomic E-state index is 12.2. The second-order valence-electron chi connectivity index (χ2n) is 7.50. The van der Waals surface area contributed by atoms with Crippen LogP contribution in [0.1, 0.15) is 18.9 Å². The fraction of sp³-hybridized carbons (Fsp3) is 0.476. The van der Waals surface area contributed by atoms with E-state index in [9.17, 15) is 24.6 Å². The van der Waals surface area contributed by atoms with E-state index >= 15 is 0 Å². The lowest BCUT2D eigenvalue weighted by Gasteiger charge is -2.44. The summed E-state index contributed by atoms with van der Waals surface area (Å²) < 4.78 is 10.4. The number of β-lactam (4-membered cyclic amide) rings is 1. The van der Waals surface area contributed by atoms with Crippen LogP contribution in [0.15, 0.2) is 34.9 Å². The number of rotatable bonds is 9. The Bertz CT molecular complexity index is 884. The molecule has 0 saturated carbocycles. The van der Waals surface area contributed by atoms with Gasteiger partial charge in [0.1, 0.15) is 18.1 Å². The van der Waals surface area contributed by atoms with E-state index < -0.39 is 24.1 Å². The van der Waals surface area contributed by atoms with Gasteiger partial charge in [0.2, 0.25) is 5.91 Å². The van der Waals surface area contributed by atoms with Gasteiger partial charge >= 0.3 is 12.1 Å². The smallest absolute Gasteiger partial charge is 0.409 e. The van der Waals surface area contributed by atoms with Gasteiger partial charge in [-0.3, -0.25) is 4.79 Å². The van der Waals surface area contributed by atoms with Gasteiger partial charge in [0.05, 0.1) is 25.2 Å². The number of hydrogen-bond acceptors (Lipinski definition) is 7. The Balaban J connectivity index is 1.49. The predicted octanol–water partition coefficient (Wildman–Crippen LogP) is 1.90. The molecule has 2 amide bonds. The van der Waals surface area contributed by atoms with Gasteiger partial charge in [0, 0.05) is 30.7 Å². The minimum atomic E-state index is -1.16. The molecule has 10 heteroatoms. The molecular weight excluding hydrogens is 424 g/mol. The van der Waals surface area contributed by atoms with Crippen LogP contribution < -0.4 is 4.74 Å². The number of hydrogen-bond donors (Lipinski definition) is 2. The lowest BCUT2D eigenvalue weighted by Crippen LogP contribution is -2.61. The number of amides is 2. The van der Waals surface area contributed by atoms with E-state index in [1.54, 1.807) is 26.3 Å². The fourth-order valence-corrected chi connectivity index (χ4v) is 4.96. The first-order valence-electron chi connectivity index (χ1n) is 9.85. The molecule has 0 aromatic heterocycles. The van der Waals surface area contributed by atoms with Crippen molar-refractivity contribution in [1.82, 2.24) is 9.80 Å². The Labute approximate surface area is 184 Å². The molecule has 0 bridgehead atoms. The highest BCUT2D eigenvalue weighted by atomic mass is 32.2. The number of aliphatic carboxylic acids is 1. The van der Waals surface area contributed by atoms with Crippen molar-refractivity contribution < 1.29 is 34.1 Å². The maximum atomic E-state index is 12.2. The third-order valence-electron chi connectivity index (χ3n) is 5.43. The average molecular weight is 451 g/mol. The van der Waals surface area contributed by atoms with Crippen LogP contribution in [0.5, 0.6) is 5.75 Å². The molecule has 1 saturated heterocycles. The Morgan fingerprint density at radius 1 is 1.32 bits per heavy atom. The number of thioether (sulfide) groups is 1. The van der Waals surface area contributed by atoms with Crippen LogP contribution in [0.25, 0.3) is 0 Å². The highest BCUT2D eigenvalue weighted by Crippen LogP contribution is 2.46. The maximum Gasteiger partial charge on any atom is 0.409 e.